The van der Waals surface area contributed by atoms with E-state index in [1.807, 2.05) is 6.92 Å². The lowest BCUT2D eigenvalue weighted by atomic mass is 9.97. The summed E-state index contributed by atoms with van der Waals surface area (Å²) in [5.41, 5.74) is 1.96. The zero-order valence-electron chi connectivity index (χ0n) is 14.7. The van der Waals surface area contributed by atoms with Gasteiger partial charge in [0.2, 0.25) is 5.91 Å². The molecule has 1 amide bonds. The smallest absolute Gasteiger partial charge is 0.267 e. The summed E-state index contributed by atoms with van der Waals surface area (Å²) in [7, 11) is 0. The van der Waals surface area contributed by atoms with E-state index in [2.05, 4.69) is 15.4 Å². The fourth-order valence-corrected chi connectivity index (χ4v) is 4.43. The van der Waals surface area contributed by atoms with E-state index >= 15 is 0 Å². The van der Waals surface area contributed by atoms with Gasteiger partial charge < -0.3 is 10.1 Å². The second kappa shape index (κ2) is 7.28. The second-order valence-electron chi connectivity index (χ2n) is 6.91. The van der Waals surface area contributed by atoms with E-state index in [9.17, 15) is 9.59 Å². The number of nitrogens with one attached hydrogen (secondary N) is 1. The van der Waals surface area contributed by atoms with Gasteiger partial charge in [0.05, 0.1) is 36.4 Å². The average Bonchev–Trinajstić information content (AvgIpc) is 3.23. The summed E-state index contributed by atoms with van der Waals surface area (Å²) in [5.74, 6) is -0.0832. The van der Waals surface area contributed by atoms with Gasteiger partial charge in [0, 0.05) is 17.1 Å². The van der Waals surface area contributed by atoms with Crippen molar-refractivity contribution in [2.45, 2.75) is 51.1 Å². The fourth-order valence-electron chi connectivity index (χ4n) is 3.64. The third-order valence-electron chi connectivity index (χ3n) is 4.95. The summed E-state index contributed by atoms with van der Waals surface area (Å²) in [6.07, 6.45) is 6.08. The van der Waals surface area contributed by atoms with Crippen molar-refractivity contribution in [3.8, 4) is 0 Å². The number of carbonyl (C=O) groups is 1. The van der Waals surface area contributed by atoms with Crippen LogP contribution < -0.4 is 10.9 Å². The molecule has 1 aliphatic carbocycles. The third-order valence-corrected chi connectivity index (χ3v) is 5.86. The molecule has 0 bridgehead atoms. The molecule has 8 heteroatoms. The number of aryl methyl sites for hydroxylation is 3. The number of nitrogens with zero attached hydrogens (tertiary/aromatic N) is 3. The van der Waals surface area contributed by atoms with Gasteiger partial charge in [-0.25, -0.2) is 9.67 Å². The van der Waals surface area contributed by atoms with Crippen LogP contribution in [0.3, 0.4) is 0 Å². The molecule has 138 valence electrons. The van der Waals surface area contributed by atoms with Crippen molar-refractivity contribution >= 4 is 17.2 Å². The van der Waals surface area contributed by atoms with Crippen molar-refractivity contribution in [3.63, 3.8) is 0 Å². The molecule has 1 saturated heterocycles. The number of hydrogen-bond donors (Lipinski definition) is 1. The Morgan fingerprint density at radius 1 is 1.38 bits per heavy atom. The van der Waals surface area contributed by atoms with E-state index in [4.69, 9.17) is 4.74 Å². The highest BCUT2D eigenvalue weighted by Gasteiger charge is 2.33. The molecule has 1 aliphatic heterocycles. The van der Waals surface area contributed by atoms with E-state index in [0.29, 0.717) is 19.6 Å². The molecule has 2 aromatic rings. The van der Waals surface area contributed by atoms with Crippen molar-refractivity contribution in [1.29, 1.82) is 0 Å². The lowest BCUT2D eigenvalue weighted by molar-refractivity contribution is -0.121. The van der Waals surface area contributed by atoms with E-state index in [-0.39, 0.29) is 23.6 Å². The summed E-state index contributed by atoms with van der Waals surface area (Å²) >= 11 is 1.52. The molecule has 0 radical (unpaired) electrons. The highest BCUT2D eigenvalue weighted by molar-refractivity contribution is 7.11. The number of fused-ring (bicyclic) bond motifs is 1. The lowest BCUT2D eigenvalue weighted by Gasteiger charge is -2.22. The topological polar surface area (TPSA) is 86.1 Å². The Hall–Kier alpha value is -2.06. The van der Waals surface area contributed by atoms with Crippen LogP contribution in [-0.4, -0.2) is 39.9 Å². The lowest BCUT2D eigenvalue weighted by Crippen LogP contribution is -2.44. The van der Waals surface area contributed by atoms with Crippen LogP contribution in [0.25, 0.3) is 0 Å². The average molecular weight is 374 g/mol. The fraction of sp³-hybridized carbons (Fsp3) is 0.556. The van der Waals surface area contributed by atoms with E-state index in [1.54, 1.807) is 12.3 Å². The molecule has 26 heavy (non-hydrogen) atoms. The minimum Gasteiger partial charge on any atom is -0.377 e. The molecule has 3 heterocycles. The molecule has 0 aromatic carbocycles. The zero-order valence-corrected chi connectivity index (χ0v) is 15.6. The minimum atomic E-state index is -0.262. The first kappa shape index (κ1) is 17.4. The second-order valence-corrected chi connectivity index (χ2v) is 8.23. The summed E-state index contributed by atoms with van der Waals surface area (Å²) in [6, 6.07) is 1.20. The number of carbonyl (C=O) groups excluding carboxylic acids is 1. The Bertz CT molecular complexity index is 876. The molecular formula is C18H22N4O3S. The summed E-state index contributed by atoms with van der Waals surface area (Å²) < 4.78 is 7.07. The van der Waals surface area contributed by atoms with E-state index in [0.717, 1.165) is 46.8 Å². The number of thiazole rings is 1. The predicted molar refractivity (Wildman–Crippen MR) is 97.5 cm³/mol. The van der Waals surface area contributed by atoms with Gasteiger partial charge >= 0.3 is 0 Å². The van der Waals surface area contributed by atoms with Gasteiger partial charge in [0.15, 0.2) is 0 Å². The number of ether oxygens (including phenoxy) is 1. The SMILES string of the molecule is Cc1ncc(CC(=O)NC2COCC2n2nc3c(cc2=O)CCCC3)s1. The summed E-state index contributed by atoms with van der Waals surface area (Å²) in [6.45, 7) is 2.70. The largest absolute Gasteiger partial charge is 0.377 e. The predicted octanol–water partition coefficient (Wildman–Crippen LogP) is 1.19. The first-order valence-corrected chi connectivity index (χ1v) is 9.82. The van der Waals surface area contributed by atoms with Crippen LogP contribution in [0.2, 0.25) is 0 Å². The third kappa shape index (κ3) is 3.57. The Morgan fingerprint density at radius 2 is 2.23 bits per heavy atom. The van der Waals surface area contributed by atoms with Gasteiger partial charge in [-0.1, -0.05) is 0 Å². The number of aromatic nitrogens is 3. The van der Waals surface area contributed by atoms with Crippen molar-refractivity contribution < 1.29 is 9.53 Å². The van der Waals surface area contributed by atoms with Gasteiger partial charge in [-0.3, -0.25) is 9.59 Å². The van der Waals surface area contributed by atoms with Crippen LogP contribution in [0.1, 0.15) is 40.0 Å². The van der Waals surface area contributed by atoms with Crippen molar-refractivity contribution in [1.82, 2.24) is 20.1 Å². The van der Waals surface area contributed by atoms with Gasteiger partial charge in [-0.2, -0.15) is 5.10 Å². The van der Waals surface area contributed by atoms with Crippen LogP contribution in [0, 0.1) is 6.92 Å². The molecule has 4 rings (SSSR count). The first-order chi connectivity index (χ1) is 12.6. The highest BCUT2D eigenvalue weighted by atomic mass is 32.1. The highest BCUT2D eigenvalue weighted by Crippen LogP contribution is 2.21. The molecule has 7 nitrogen and oxygen atoms in total. The summed E-state index contributed by atoms with van der Waals surface area (Å²) in [4.78, 5) is 30.0. The molecule has 1 fully saturated rings. The molecule has 2 atom stereocenters. The van der Waals surface area contributed by atoms with Crippen molar-refractivity contribution in [2.24, 2.45) is 0 Å². The Kier molecular flexibility index (Phi) is 4.86. The van der Waals surface area contributed by atoms with Crippen LogP contribution in [0.4, 0.5) is 0 Å². The zero-order chi connectivity index (χ0) is 18.1. The molecule has 2 aliphatic rings. The Labute approximate surface area is 155 Å². The van der Waals surface area contributed by atoms with Crippen LogP contribution in [0.5, 0.6) is 0 Å². The maximum Gasteiger partial charge on any atom is 0.267 e. The van der Waals surface area contributed by atoms with Crippen LogP contribution in [0.15, 0.2) is 17.1 Å². The first-order valence-electron chi connectivity index (χ1n) is 9.00. The van der Waals surface area contributed by atoms with Crippen LogP contribution >= 0.6 is 11.3 Å². The molecule has 0 saturated carbocycles. The number of rotatable bonds is 4. The normalized spacial score (nSPS) is 22.2. The van der Waals surface area contributed by atoms with Crippen molar-refractivity contribution in [3.05, 3.63) is 43.8 Å². The monoisotopic (exact) mass is 374 g/mol. The molecular weight excluding hydrogens is 352 g/mol. The molecule has 2 aromatic heterocycles. The number of amides is 1. The standard InChI is InChI=1S/C18H22N4O3S/c1-11-19-8-13(26-11)7-17(23)20-15-9-25-10-16(15)22-18(24)6-12-4-2-3-5-14(12)21-22/h6,8,15-16H,2-5,7,9-10H2,1H3,(H,20,23). The maximum absolute atomic E-state index is 12.5. The van der Waals surface area contributed by atoms with Crippen LogP contribution in [-0.2, 0) is 28.8 Å². The quantitative estimate of drug-likeness (QED) is 0.869. The van der Waals surface area contributed by atoms with Crippen molar-refractivity contribution in [2.75, 3.05) is 13.2 Å². The maximum atomic E-state index is 12.5. The summed E-state index contributed by atoms with van der Waals surface area (Å²) in [5, 5.41) is 8.56. The Morgan fingerprint density at radius 3 is 3.04 bits per heavy atom. The Balaban J connectivity index is 1.50. The number of hydrogen-bond acceptors (Lipinski definition) is 6. The molecule has 2 unspecified atom stereocenters. The molecule has 1 N–H and O–H groups in total. The molecule has 0 spiro atoms. The van der Waals surface area contributed by atoms with E-state index in [1.165, 1.54) is 16.0 Å². The minimum absolute atomic E-state index is 0.0832. The van der Waals surface area contributed by atoms with Gasteiger partial charge in [0.1, 0.15) is 6.04 Å². The van der Waals surface area contributed by atoms with Gasteiger partial charge in [0.25, 0.3) is 5.56 Å². The van der Waals surface area contributed by atoms with Gasteiger partial charge in [-0.15, -0.1) is 11.3 Å². The van der Waals surface area contributed by atoms with Gasteiger partial charge in [-0.05, 0) is 38.2 Å². The van der Waals surface area contributed by atoms with E-state index < -0.39 is 0 Å².